The summed E-state index contributed by atoms with van der Waals surface area (Å²) >= 11 is 1.41. The third-order valence-electron chi connectivity index (χ3n) is 8.31. The van der Waals surface area contributed by atoms with E-state index in [1.165, 1.54) is 11.8 Å². The van der Waals surface area contributed by atoms with Crippen molar-refractivity contribution in [3.63, 3.8) is 0 Å². The molecule has 5 rings (SSSR count). The number of ether oxygens (including phenoxy) is 2. The maximum absolute atomic E-state index is 13.3. The van der Waals surface area contributed by atoms with Crippen molar-refractivity contribution in [2.75, 3.05) is 23.9 Å². The number of hydrazine groups is 1. The number of hydrogen-bond donors (Lipinski definition) is 7. The Labute approximate surface area is 285 Å². The Kier molecular flexibility index (Phi) is 16.0. The lowest BCUT2D eigenvalue weighted by Gasteiger charge is -2.45. The molecule has 2 bridgehead atoms. The summed E-state index contributed by atoms with van der Waals surface area (Å²) in [6.45, 7) is 9.89. The van der Waals surface area contributed by atoms with Crippen molar-refractivity contribution in [1.82, 2.24) is 10.6 Å². The second-order valence-corrected chi connectivity index (χ2v) is 14.3. The van der Waals surface area contributed by atoms with E-state index >= 15 is 0 Å². The minimum Gasteiger partial charge on any atom is -0.403 e. The minimum absolute atomic E-state index is 0.118. The molecule has 272 valence electrons. The quantitative estimate of drug-likeness (QED) is 0.106. The van der Waals surface area contributed by atoms with Crippen molar-refractivity contribution in [2.45, 2.75) is 101 Å². The van der Waals surface area contributed by atoms with Crippen LogP contribution in [0.4, 0.5) is 18.9 Å². The molecule has 3 saturated heterocycles. The van der Waals surface area contributed by atoms with E-state index in [2.05, 4.69) is 37.5 Å². The van der Waals surface area contributed by atoms with Gasteiger partial charge in [0.25, 0.3) is 0 Å². The second kappa shape index (κ2) is 19.1. The molecule has 9 N–H and O–H groups in total. The standard InChI is InChI=1S/C21H34N2O6S.C8H8F3N3.C4H10/c1-11-6-3-5-9-30-21-17(26)15(24)16(25)19(29-21)13(11)23-20(27)14-18-12(10-22-14)7-2-4-8-28-18;9-5-3-7(11)8(4-6(5)10)14(13)2-1-12;1-4(2)3/h3,6,11-19,21-22,24-26H,2,4-5,7-10H2,1H3,(H,23,27);1-4H,12-13H2;4H,1-3H3/b6-3-;2-1-;. The molecule has 48 heavy (non-hydrogen) atoms. The van der Waals surface area contributed by atoms with E-state index in [-0.39, 0.29) is 23.6 Å². The highest BCUT2D eigenvalue weighted by Crippen LogP contribution is 2.34. The smallest absolute Gasteiger partial charge is 0.240 e. The number of benzene rings is 1. The molecule has 4 aliphatic rings. The Hall–Kier alpha value is -2.37. The maximum Gasteiger partial charge on any atom is 0.240 e. The number of hydrogen-bond acceptors (Lipinski definition) is 11. The summed E-state index contributed by atoms with van der Waals surface area (Å²) in [4.78, 5) is 13.3. The Balaban J connectivity index is 0.000000289. The van der Waals surface area contributed by atoms with Crippen LogP contribution in [0.3, 0.4) is 0 Å². The number of carbonyl (C=O) groups is 1. The van der Waals surface area contributed by atoms with Gasteiger partial charge in [0.05, 0.1) is 17.8 Å². The lowest BCUT2D eigenvalue weighted by atomic mass is 9.87. The van der Waals surface area contributed by atoms with E-state index in [0.717, 1.165) is 61.3 Å². The minimum atomic E-state index is -1.32. The first kappa shape index (κ1) is 40.1. The van der Waals surface area contributed by atoms with Crippen LogP contribution < -0.4 is 27.2 Å². The van der Waals surface area contributed by atoms with Crippen LogP contribution in [0.5, 0.6) is 0 Å². The largest absolute Gasteiger partial charge is 0.403 e. The van der Waals surface area contributed by atoms with Crippen LogP contribution >= 0.6 is 11.8 Å². The van der Waals surface area contributed by atoms with Gasteiger partial charge in [-0.1, -0.05) is 46.3 Å². The van der Waals surface area contributed by atoms with Crippen LogP contribution in [-0.4, -0.2) is 88.2 Å². The number of aliphatic hydroxyl groups excluding tert-OH is 3. The maximum atomic E-state index is 13.3. The number of thioether (sulfide) groups is 1. The number of allylic oxidation sites excluding steroid dienone is 1. The fourth-order valence-electron chi connectivity index (χ4n) is 5.89. The zero-order chi connectivity index (χ0) is 35.5. The number of anilines is 1. The zero-order valence-electron chi connectivity index (χ0n) is 28.0. The van der Waals surface area contributed by atoms with E-state index in [1.54, 1.807) is 0 Å². The molecule has 1 aromatic carbocycles. The highest BCUT2D eigenvalue weighted by molar-refractivity contribution is 7.99. The van der Waals surface area contributed by atoms with E-state index in [1.807, 2.05) is 13.0 Å². The second-order valence-electron chi connectivity index (χ2n) is 13.1. The van der Waals surface area contributed by atoms with Gasteiger partial charge in [-0.25, -0.2) is 19.0 Å². The van der Waals surface area contributed by atoms with Crippen LogP contribution in [0.1, 0.15) is 53.4 Å². The van der Waals surface area contributed by atoms with Crippen molar-refractivity contribution >= 4 is 23.4 Å². The number of nitrogens with zero attached hydrogens (tertiary/aromatic N) is 1. The molecule has 15 heteroatoms. The topological polar surface area (TPSA) is 176 Å². The summed E-state index contributed by atoms with van der Waals surface area (Å²) in [5, 5.41) is 38.5. The lowest BCUT2D eigenvalue weighted by Crippen LogP contribution is -2.65. The summed E-state index contributed by atoms with van der Waals surface area (Å²) < 4.78 is 50.2. The van der Waals surface area contributed by atoms with Crippen LogP contribution in [-0.2, 0) is 14.3 Å². The van der Waals surface area contributed by atoms with Crippen molar-refractivity contribution in [3.05, 3.63) is 54.1 Å². The van der Waals surface area contributed by atoms with E-state index in [4.69, 9.17) is 21.1 Å². The SMILES string of the molecule is CC(C)C.CC1/C=C\CCSC2OC(C(O)C(O)C2O)C1NC(=O)C1NCC2CCCCOC21.N/C=C\N(N)c1cc(F)c(F)cc1F. The summed E-state index contributed by atoms with van der Waals surface area (Å²) in [6, 6.07) is 0.0688. The van der Waals surface area contributed by atoms with Crippen LogP contribution in [0.2, 0.25) is 0 Å². The van der Waals surface area contributed by atoms with Crippen molar-refractivity contribution in [1.29, 1.82) is 0 Å². The van der Waals surface area contributed by atoms with Gasteiger partial charge in [-0.2, -0.15) is 0 Å². The highest BCUT2D eigenvalue weighted by Gasteiger charge is 2.49. The zero-order valence-corrected chi connectivity index (χ0v) is 28.8. The molecule has 10 atom stereocenters. The average molecular weight is 704 g/mol. The van der Waals surface area contributed by atoms with Gasteiger partial charge in [-0.3, -0.25) is 9.80 Å². The predicted molar refractivity (Wildman–Crippen MR) is 180 cm³/mol. The van der Waals surface area contributed by atoms with Gasteiger partial charge in [-0.15, -0.1) is 11.8 Å². The summed E-state index contributed by atoms with van der Waals surface area (Å²) in [6.07, 6.45) is 5.45. The molecule has 10 unspecified atom stereocenters. The number of nitrogens with two attached hydrogens (primary N) is 2. The van der Waals surface area contributed by atoms with Gasteiger partial charge in [0, 0.05) is 37.7 Å². The lowest BCUT2D eigenvalue weighted by molar-refractivity contribution is -0.207. The molecule has 4 aliphatic heterocycles. The summed E-state index contributed by atoms with van der Waals surface area (Å²) in [5.74, 6) is 3.46. The first-order chi connectivity index (χ1) is 22.8. The number of carbonyl (C=O) groups excluding carboxylic acids is 1. The molecule has 1 aromatic rings. The van der Waals surface area contributed by atoms with E-state index < -0.39 is 59.4 Å². The molecular weight excluding hydrogens is 651 g/mol. The van der Waals surface area contributed by atoms with Gasteiger partial charge in [0.2, 0.25) is 5.91 Å². The molecular formula is C33H52F3N5O6S. The number of aliphatic hydroxyl groups is 3. The first-order valence-corrected chi connectivity index (χ1v) is 17.5. The summed E-state index contributed by atoms with van der Waals surface area (Å²) in [5.41, 5.74) is 4.04. The van der Waals surface area contributed by atoms with Gasteiger partial charge in [-0.05, 0) is 42.8 Å². The predicted octanol–water partition coefficient (Wildman–Crippen LogP) is 2.64. The molecule has 1 amide bonds. The first-order valence-electron chi connectivity index (χ1n) is 16.5. The Bertz CT molecular complexity index is 1230. The summed E-state index contributed by atoms with van der Waals surface area (Å²) in [7, 11) is 0. The van der Waals surface area contributed by atoms with Gasteiger partial charge in [0.1, 0.15) is 35.9 Å². The van der Waals surface area contributed by atoms with Crippen molar-refractivity contribution < 1.29 is 42.8 Å². The fourth-order valence-corrected chi connectivity index (χ4v) is 6.96. The van der Waals surface area contributed by atoms with Gasteiger partial charge in [0.15, 0.2) is 17.5 Å². The normalized spacial score (nSPS) is 34.1. The molecule has 0 spiro atoms. The fraction of sp³-hybridized carbons (Fsp3) is 0.667. The van der Waals surface area contributed by atoms with Crippen LogP contribution in [0.25, 0.3) is 0 Å². The molecule has 0 aliphatic carbocycles. The molecule has 3 fully saturated rings. The number of fused-ring (bicyclic) bond motifs is 3. The number of amides is 1. The third kappa shape index (κ3) is 10.8. The van der Waals surface area contributed by atoms with Gasteiger partial charge < -0.3 is 41.2 Å². The Morgan fingerprint density at radius 2 is 1.77 bits per heavy atom. The number of nitrogens with one attached hydrogen (secondary N) is 2. The number of rotatable bonds is 4. The van der Waals surface area contributed by atoms with Crippen LogP contribution in [0, 0.1) is 35.2 Å². The van der Waals surface area contributed by atoms with Gasteiger partial charge >= 0.3 is 0 Å². The third-order valence-corrected chi connectivity index (χ3v) is 9.50. The molecule has 0 radical (unpaired) electrons. The molecule has 0 aromatic heterocycles. The van der Waals surface area contributed by atoms with E-state index in [9.17, 15) is 33.3 Å². The van der Waals surface area contributed by atoms with E-state index in [0.29, 0.717) is 24.7 Å². The Morgan fingerprint density at radius 3 is 2.46 bits per heavy atom. The van der Waals surface area contributed by atoms with Crippen molar-refractivity contribution in [3.8, 4) is 0 Å². The molecule has 4 heterocycles. The average Bonchev–Trinajstić information content (AvgIpc) is 3.29. The van der Waals surface area contributed by atoms with Crippen LogP contribution in [0.15, 0.2) is 36.7 Å². The number of halogens is 3. The Morgan fingerprint density at radius 1 is 1.08 bits per heavy atom. The van der Waals surface area contributed by atoms with Crippen molar-refractivity contribution in [2.24, 2.45) is 29.3 Å². The molecule has 11 nitrogen and oxygen atoms in total. The molecule has 0 saturated carbocycles. The monoisotopic (exact) mass is 703 g/mol. The highest BCUT2D eigenvalue weighted by atomic mass is 32.2.